The predicted molar refractivity (Wildman–Crippen MR) is 124 cm³/mol. The summed E-state index contributed by atoms with van der Waals surface area (Å²) in [6, 6.07) is 13.9. The molecule has 1 fully saturated rings. The first kappa shape index (κ1) is 22.2. The molecule has 168 valence electrons. The molecule has 1 saturated heterocycles. The fraction of sp³-hybridized carbons (Fsp3) is 0.348. The minimum absolute atomic E-state index is 0.0129. The first-order valence-electron chi connectivity index (χ1n) is 10.5. The van der Waals surface area contributed by atoms with E-state index in [0.29, 0.717) is 42.8 Å². The van der Waals surface area contributed by atoms with Gasteiger partial charge in [-0.05, 0) is 57.2 Å². The van der Waals surface area contributed by atoms with Crippen LogP contribution in [0.3, 0.4) is 0 Å². The molecule has 0 aliphatic carbocycles. The van der Waals surface area contributed by atoms with Crippen LogP contribution in [-0.4, -0.2) is 49.2 Å². The van der Waals surface area contributed by atoms with E-state index in [4.69, 9.17) is 20.4 Å². The summed E-state index contributed by atoms with van der Waals surface area (Å²) >= 11 is 0. The number of morpholine rings is 1. The van der Waals surface area contributed by atoms with Crippen molar-refractivity contribution in [2.24, 2.45) is 0 Å². The number of ether oxygens (including phenoxy) is 1. The highest BCUT2D eigenvalue weighted by Gasteiger charge is 2.41. The smallest absolute Gasteiger partial charge is 0.206 e. The Morgan fingerprint density at radius 3 is 2.53 bits per heavy atom. The van der Waals surface area contributed by atoms with Crippen LogP contribution in [0.15, 0.2) is 59.8 Å². The summed E-state index contributed by atoms with van der Waals surface area (Å²) < 4.78 is 31.3. The first-order valence-corrected chi connectivity index (χ1v) is 11.9. The molecule has 0 unspecified atom stereocenters. The largest absolute Gasteiger partial charge is 0.399 e. The monoisotopic (exact) mass is 453 g/mol. The Hall–Kier alpha value is -3.04. The third-order valence-corrected chi connectivity index (χ3v) is 8.09. The number of nitrogens with two attached hydrogens (primary N) is 1. The van der Waals surface area contributed by atoms with Crippen molar-refractivity contribution in [1.82, 2.24) is 15.0 Å². The van der Waals surface area contributed by atoms with Crippen molar-refractivity contribution < 1.29 is 13.2 Å². The normalized spacial score (nSPS) is 17.3. The quantitative estimate of drug-likeness (QED) is 0.587. The van der Waals surface area contributed by atoms with Gasteiger partial charge in [0.25, 0.3) is 0 Å². The maximum atomic E-state index is 13.5. The van der Waals surface area contributed by atoms with Crippen molar-refractivity contribution in [2.75, 3.05) is 30.4 Å². The molecule has 0 spiro atoms. The SMILES string of the molecule is C[C@H]1COCCN1c1cc(C(C)(C)S(=O)(=O)c2ccccn2)nc(-c2ccc(N)cc2)n1. The summed E-state index contributed by atoms with van der Waals surface area (Å²) in [6.45, 7) is 7.17. The van der Waals surface area contributed by atoms with Gasteiger partial charge in [0.15, 0.2) is 10.9 Å². The fourth-order valence-corrected chi connectivity index (χ4v) is 4.98. The molecule has 1 aliphatic heterocycles. The Kier molecular flexibility index (Phi) is 5.87. The summed E-state index contributed by atoms with van der Waals surface area (Å²) in [4.78, 5) is 15.7. The van der Waals surface area contributed by atoms with Gasteiger partial charge in [-0.1, -0.05) is 6.07 Å². The van der Waals surface area contributed by atoms with E-state index in [1.165, 1.54) is 12.3 Å². The number of sulfone groups is 1. The summed E-state index contributed by atoms with van der Waals surface area (Å²) in [7, 11) is -3.82. The highest BCUT2D eigenvalue weighted by Crippen LogP contribution is 2.36. The Bertz CT molecular complexity index is 1200. The van der Waals surface area contributed by atoms with Crippen molar-refractivity contribution in [3.05, 3.63) is 60.4 Å². The molecule has 1 aromatic carbocycles. The maximum absolute atomic E-state index is 13.5. The number of benzene rings is 1. The molecule has 8 nitrogen and oxygen atoms in total. The van der Waals surface area contributed by atoms with E-state index in [1.807, 2.05) is 12.1 Å². The van der Waals surface area contributed by atoms with E-state index >= 15 is 0 Å². The summed E-state index contributed by atoms with van der Waals surface area (Å²) in [5.41, 5.74) is 7.63. The van der Waals surface area contributed by atoms with Crippen LogP contribution in [0.2, 0.25) is 0 Å². The summed E-state index contributed by atoms with van der Waals surface area (Å²) in [6.07, 6.45) is 1.48. The van der Waals surface area contributed by atoms with Gasteiger partial charge in [-0.15, -0.1) is 0 Å². The molecule has 32 heavy (non-hydrogen) atoms. The molecule has 0 bridgehead atoms. The van der Waals surface area contributed by atoms with Crippen LogP contribution in [0.4, 0.5) is 11.5 Å². The molecular weight excluding hydrogens is 426 g/mol. The van der Waals surface area contributed by atoms with Gasteiger partial charge in [0, 0.05) is 30.1 Å². The van der Waals surface area contributed by atoms with Gasteiger partial charge in [0.2, 0.25) is 9.84 Å². The third-order valence-electron chi connectivity index (χ3n) is 5.75. The Morgan fingerprint density at radius 2 is 1.88 bits per heavy atom. The lowest BCUT2D eigenvalue weighted by Crippen LogP contribution is -2.44. The molecule has 0 radical (unpaired) electrons. The van der Waals surface area contributed by atoms with E-state index in [0.717, 1.165) is 5.56 Å². The topological polar surface area (TPSA) is 111 Å². The van der Waals surface area contributed by atoms with Crippen LogP contribution in [0.5, 0.6) is 0 Å². The van der Waals surface area contributed by atoms with Crippen molar-refractivity contribution in [2.45, 2.75) is 36.6 Å². The molecular formula is C23H27N5O3S. The summed E-state index contributed by atoms with van der Waals surface area (Å²) in [5.74, 6) is 1.11. The van der Waals surface area contributed by atoms with Crippen LogP contribution in [0, 0.1) is 0 Å². The molecule has 2 N–H and O–H groups in total. The molecule has 4 rings (SSSR count). The molecule has 0 saturated carbocycles. The van der Waals surface area contributed by atoms with Gasteiger partial charge in [-0.25, -0.2) is 23.4 Å². The molecule has 1 atom stereocenters. The van der Waals surface area contributed by atoms with Gasteiger partial charge in [0.05, 0.1) is 24.9 Å². The number of hydrogen-bond acceptors (Lipinski definition) is 8. The van der Waals surface area contributed by atoms with E-state index in [1.54, 1.807) is 44.2 Å². The lowest BCUT2D eigenvalue weighted by atomic mass is 10.1. The average Bonchev–Trinajstić information content (AvgIpc) is 2.80. The second-order valence-corrected chi connectivity index (χ2v) is 10.8. The van der Waals surface area contributed by atoms with Crippen LogP contribution in [0.1, 0.15) is 26.5 Å². The van der Waals surface area contributed by atoms with Crippen molar-refractivity contribution in [3.8, 4) is 11.4 Å². The average molecular weight is 454 g/mol. The van der Waals surface area contributed by atoms with Crippen molar-refractivity contribution in [1.29, 1.82) is 0 Å². The maximum Gasteiger partial charge on any atom is 0.206 e. The Labute approximate surface area is 188 Å². The first-order chi connectivity index (χ1) is 15.2. The van der Waals surface area contributed by atoms with Gasteiger partial charge >= 0.3 is 0 Å². The minimum atomic E-state index is -3.82. The fourth-order valence-electron chi connectivity index (χ4n) is 3.62. The molecule has 9 heteroatoms. The molecule has 1 aliphatic rings. The number of hydrogen-bond donors (Lipinski definition) is 1. The zero-order chi connectivity index (χ0) is 22.9. The lowest BCUT2D eigenvalue weighted by molar-refractivity contribution is 0.0985. The summed E-state index contributed by atoms with van der Waals surface area (Å²) in [5, 5.41) is 0.0129. The number of pyridine rings is 1. The minimum Gasteiger partial charge on any atom is -0.399 e. The highest BCUT2D eigenvalue weighted by molar-refractivity contribution is 7.92. The Balaban J connectivity index is 1.88. The molecule has 2 aromatic heterocycles. The second-order valence-electron chi connectivity index (χ2n) is 8.36. The van der Waals surface area contributed by atoms with Crippen LogP contribution in [-0.2, 0) is 19.3 Å². The number of anilines is 2. The number of nitrogen functional groups attached to an aromatic ring is 1. The predicted octanol–water partition coefficient (Wildman–Crippen LogP) is 3.05. The molecule has 3 aromatic rings. The Morgan fingerprint density at radius 1 is 1.12 bits per heavy atom. The molecule has 3 heterocycles. The van der Waals surface area contributed by atoms with Gasteiger partial charge in [-0.3, -0.25) is 0 Å². The van der Waals surface area contributed by atoms with Crippen molar-refractivity contribution >= 4 is 21.3 Å². The van der Waals surface area contributed by atoms with E-state index in [2.05, 4.69) is 16.8 Å². The van der Waals surface area contributed by atoms with Gasteiger partial charge in [-0.2, -0.15) is 0 Å². The lowest BCUT2D eigenvalue weighted by Gasteiger charge is -2.35. The standard InChI is InChI=1S/C23H27N5O3S/c1-16-15-31-13-12-28(16)20-14-19(26-22(27-20)17-7-9-18(24)10-8-17)23(2,3)32(29,30)21-6-4-5-11-25-21/h4-11,14,16H,12-13,15,24H2,1-3H3/t16-/m0/s1. The van der Waals surface area contributed by atoms with Gasteiger partial charge < -0.3 is 15.4 Å². The van der Waals surface area contributed by atoms with E-state index in [-0.39, 0.29) is 11.1 Å². The van der Waals surface area contributed by atoms with Gasteiger partial charge in [0.1, 0.15) is 10.6 Å². The van der Waals surface area contributed by atoms with Crippen LogP contribution < -0.4 is 10.6 Å². The van der Waals surface area contributed by atoms with E-state index in [9.17, 15) is 8.42 Å². The van der Waals surface area contributed by atoms with Crippen LogP contribution >= 0.6 is 0 Å². The van der Waals surface area contributed by atoms with E-state index < -0.39 is 14.6 Å². The zero-order valence-corrected chi connectivity index (χ0v) is 19.2. The number of aromatic nitrogens is 3. The third kappa shape index (κ3) is 4.05. The zero-order valence-electron chi connectivity index (χ0n) is 18.4. The number of rotatable bonds is 5. The highest BCUT2D eigenvalue weighted by atomic mass is 32.2. The molecule has 0 amide bonds. The van der Waals surface area contributed by atoms with Crippen LogP contribution in [0.25, 0.3) is 11.4 Å². The number of nitrogens with zero attached hydrogens (tertiary/aromatic N) is 4. The second kappa shape index (κ2) is 8.48. The van der Waals surface area contributed by atoms with Crippen molar-refractivity contribution in [3.63, 3.8) is 0 Å².